The summed E-state index contributed by atoms with van der Waals surface area (Å²) in [6.07, 6.45) is 3.96. The number of rotatable bonds is 5. The molecule has 2 N–H and O–H groups in total. The van der Waals surface area contributed by atoms with E-state index in [0.717, 1.165) is 32.4 Å². The van der Waals surface area contributed by atoms with Crippen LogP contribution in [0.3, 0.4) is 0 Å². The van der Waals surface area contributed by atoms with Gasteiger partial charge >= 0.3 is 0 Å². The number of likely N-dealkylation sites (N-methyl/N-ethyl adjacent to an activating group) is 1. The normalized spacial score (nSPS) is 25.4. The highest BCUT2D eigenvalue weighted by atomic mass is 16.3. The number of hydrogen-bond donors (Lipinski definition) is 2. The summed E-state index contributed by atoms with van der Waals surface area (Å²) in [5.41, 5.74) is 0. The Hall–Kier alpha value is -0.610. The van der Waals surface area contributed by atoms with Crippen molar-refractivity contribution in [2.75, 3.05) is 26.7 Å². The highest BCUT2D eigenvalue weighted by molar-refractivity contribution is 5.77. The monoisotopic (exact) mass is 228 g/mol. The Morgan fingerprint density at radius 1 is 1.50 bits per heavy atom. The molecule has 16 heavy (non-hydrogen) atoms. The van der Waals surface area contributed by atoms with Crippen LogP contribution in [0.25, 0.3) is 0 Å². The highest BCUT2D eigenvalue weighted by Crippen LogP contribution is 2.23. The summed E-state index contributed by atoms with van der Waals surface area (Å²) in [6.45, 7) is 3.98. The Morgan fingerprint density at radius 2 is 2.25 bits per heavy atom. The number of carbonyl (C=O) groups excluding carboxylic acids is 1. The fourth-order valence-electron chi connectivity index (χ4n) is 2.14. The molecule has 0 saturated heterocycles. The van der Waals surface area contributed by atoms with E-state index in [2.05, 4.69) is 5.32 Å². The van der Waals surface area contributed by atoms with Crippen molar-refractivity contribution in [3.05, 3.63) is 0 Å². The molecule has 0 radical (unpaired) electrons. The standard InChI is InChI=1S/C12H24N2O2/c1-3-14(2)12(16)9-13-8-10-5-4-6-11(15)7-10/h10-11,13,15H,3-9H2,1-2H3. The summed E-state index contributed by atoms with van der Waals surface area (Å²) in [7, 11) is 1.81. The van der Waals surface area contributed by atoms with Crippen molar-refractivity contribution < 1.29 is 9.90 Å². The van der Waals surface area contributed by atoms with Crippen molar-refractivity contribution in [3.8, 4) is 0 Å². The molecule has 0 aromatic carbocycles. The van der Waals surface area contributed by atoms with Crippen LogP contribution in [0.1, 0.15) is 32.6 Å². The molecule has 1 fully saturated rings. The zero-order chi connectivity index (χ0) is 12.0. The summed E-state index contributed by atoms with van der Waals surface area (Å²) in [5.74, 6) is 0.669. The Labute approximate surface area is 98.0 Å². The van der Waals surface area contributed by atoms with Crippen LogP contribution >= 0.6 is 0 Å². The summed E-state index contributed by atoms with van der Waals surface area (Å²) in [4.78, 5) is 13.2. The third kappa shape index (κ3) is 4.49. The summed E-state index contributed by atoms with van der Waals surface area (Å²) in [6, 6.07) is 0. The quantitative estimate of drug-likeness (QED) is 0.725. The molecule has 0 heterocycles. The van der Waals surface area contributed by atoms with Gasteiger partial charge in [0.15, 0.2) is 0 Å². The molecule has 1 saturated carbocycles. The first-order valence-corrected chi connectivity index (χ1v) is 6.26. The van der Waals surface area contributed by atoms with Crippen LogP contribution < -0.4 is 5.32 Å². The molecule has 2 atom stereocenters. The number of hydrogen-bond acceptors (Lipinski definition) is 3. The van der Waals surface area contributed by atoms with Gasteiger partial charge in [0.05, 0.1) is 12.6 Å². The van der Waals surface area contributed by atoms with E-state index in [1.807, 2.05) is 14.0 Å². The lowest BCUT2D eigenvalue weighted by Crippen LogP contribution is -2.38. The van der Waals surface area contributed by atoms with E-state index >= 15 is 0 Å². The number of nitrogens with zero attached hydrogens (tertiary/aromatic N) is 1. The SMILES string of the molecule is CCN(C)C(=O)CNCC1CCCC(O)C1. The molecule has 0 aromatic heterocycles. The van der Waals surface area contributed by atoms with E-state index in [1.165, 1.54) is 6.42 Å². The first-order chi connectivity index (χ1) is 7.63. The highest BCUT2D eigenvalue weighted by Gasteiger charge is 2.19. The van der Waals surface area contributed by atoms with E-state index < -0.39 is 0 Å². The van der Waals surface area contributed by atoms with Gasteiger partial charge in [0.1, 0.15) is 0 Å². The predicted molar refractivity (Wildman–Crippen MR) is 64.1 cm³/mol. The minimum Gasteiger partial charge on any atom is -0.393 e. The molecule has 94 valence electrons. The third-order valence-electron chi connectivity index (χ3n) is 3.36. The van der Waals surface area contributed by atoms with Gasteiger partial charge in [-0.25, -0.2) is 0 Å². The second-order valence-corrected chi connectivity index (χ2v) is 4.73. The first-order valence-electron chi connectivity index (χ1n) is 6.26. The van der Waals surface area contributed by atoms with Crippen molar-refractivity contribution in [1.29, 1.82) is 0 Å². The van der Waals surface area contributed by atoms with Crippen LogP contribution in [0.5, 0.6) is 0 Å². The third-order valence-corrected chi connectivity index (χ3v) is 3.36. The zero-order valence-electron chi connectivity index (χ0n) is 10.4. The van der Waals surface area contributed by atoms with Gasteiger partial charge in [-0.2, -0.15) is 0 Å². The molecule has 1 aliphatic rings. The van der Waals surface area contributed by atoms with Crippen molar-refractivity contribution >= 4 is 5.91 Å². The van der Waals surface area contributed by atoms with Gasteiger partial charge in [-0.05, 0) is 38.6 Å². The average molecular weight is 228 g/mol. The molecule has 0 bridgehead atoms. The van der Waals surface area contributed by atoms with Gasteiger partial charge < -0.3 is 15.3 Å². The fourth-order valence-corrected chi connectivity index (χ4v) is 2.14. The topological polar surface area (TPSA) is 52.6 Å². The summed E-state index contributed by atoms with van der Waals surface area (Å²) in [5, 5.41) is 12.7. The smallest absolute Gasteiger partial charge is 0.236 e. The van der Waals surface area contributed by atoms with E-state index in [0.29, 0.717) is 12.5 Å². The molecule has 4 heteroatoms. The molecule has 0 spiro atoms. The number of nitrogens with one attached hydrogen (secondary N) is 1. The molecular weight excluding hydrogens is 204 g/mol. The minimum atomic E-state index is -0.130. The lowest BCUT2D eigenvalue weighted by Gasteiger charge is -2.26. The molecule has 1 rings (SSSR count). The zero-order valence-corrected chi connectivity index (χ0v) is 10.4. The van der Waals surface area contributed by atoms with Crippen LogP contribution in [0, 0.1) is 5.92 Å². The van der Waals surface area contributed by atoms with E-state index in [4.69, 9.17) is 0 Å². The summed E-state index contributed by atoms with van der Waals surface area (Å²) >= 11 is 0. The predicted octanol–water partition coefficient (Wildman–Crippen LogP) is 0.605. The Bertz CT molecular complexity index is 221. The van der Waals surface area contributed by atoms with Crippen molar-refractivity contribution in [1.82, 2.24) is 10.2 Å². The van der Waals surface area contributed by atoms with E-state index in [1.54, 1.807) is 4.90 Å². The lowest BCUT2D eigenvalue weighted by molar-refractivity contribution is -0.128. The van der Waals surface area contributed by atoms with Crippen LogP contribution in [-0.2, 0) is 4.79 Å². The second-order valence-electron chi connectivity index (χ2n) is 4.73. The van der Waals surface area contributed by atoms with Gasteiger partial charge in [0.2, 0.25) is 5.91 Å². The van der Waals surface area contributed by atoms with Crippen LogP contribution in [-0.4, -0.2) is 48.7 Å². The van der Waals surface area contributed by atoms with Crippen molar-refractivity contribution in [2.45, 2.75) is 38.7 Å². The Kier molecular flexibility index (Phi) is 5.77. The van der Waals surface area contributed by atoms with Crippen LogP contribution in [0.4, 0.5) is 0 Å². The van der Waals surface area contributed by atoms with Gasteiger partial charge in [-0.15, -0.1) is 0 Å². The molecular formula is C12H24N2O2. The lowest BCUT2D eigenvalue weighted by atomic mass is 9.87. The number of amides is 1. The molecule has 0 aliphatic heterocycles. The van der Waals surface area contributed by atoms with Gasteiger partial charge in [-0.1, -0.05) is 6.42 Å². The van der Waals surface area contributed by atoms with Gasteiger partial charge in [0, 0.05) is 13.6 Å². The fraction of sp³-hybridized carbons (Fsp3) is 0.917. The Morgan fingerprint density at radius 3 is 2.88 bits per heavy atom. The summed E-state index contributed by atoms with van der Waals surface area (Å²) < 4.78 is 0. The molecule has 4 nitrogen and oxygen atoms in total. The van der Waals surface area contributed by atoms with Crippen molar-refractivity contribution in [2.24, 2.45) is 5.92 Å². The second kappa shape index (κ2) is 6.86. The van der Waals surface area contributed by atoms with Crippen molar-refractivity contribution in [3.63, 3.8) is 0 Å². The van der Waals surface area contributed by atoms with Gasteiger partial charge in [0.25, 0.3) is 0 Å². The first kappa shape index (κ1) is 13.5. The van der Waals surface area contributed by atoms with E-state index in [9.17, 15) is 9.90 Å². The number of aliphatic hydroxyl groups excluding tert-OH is 1. The molecule has 0 aromatic rings. The molecule has 1 amide bonds. The van der Waals surface area contributed by atoms with E-state index in [-0.39, 0.29) is 12.0 Å². The largest absolute Gasteiger partial charge is 0.393 e. The molecule has 2 unspecified atom stereocenters. The van der Waals surface area contributed by atoms with Crippen LogP contribution in [0.15, 0.2) is 0 Å². The minimum absolute atomic E-state index is 0.130. The number of carbonyl (C=O) groups is 1. The average Bonchev–Trinajstić information content (AvgIpc) is 2.28. The Balaban J connectivity index is 2.12. The maximum atomic E-state index is 11.5. The maximum absolute atomic E-state index is 11.5. The molecule has 1 aliphatic carbocycles. The maximum Gasteiger partial charge on any atom is 0.236 e. The van der Waals surface area contributed by atoms with Gasteiger partial charge in [-0.3, -0.25) is 4.79 Å². The van der Waals surface area contributed by atoms with Crippen LogP contribution in [0.2, 0.25) is 0 Å². The number of aliphatic hydroxyl groups is 1.